The topological polar surface area (TPSA) is 278 Å². The molecule has 0 bridgehead atoms. The molecule has 5 rings (SSSR count). The number of hydrogen-bond acceptors (Lipinski definition) is 15. The predicted octanol–water partition coefficient (Wildman–Crippen LogP) is -2.63. The molecule has 2 saturated heterocycles. The van der Waals surface area contributed by atoms with Gasteiger partial charge in [-0.3, -0.25) is 28.0 Å². The molecule has 38 heavy (non-hydrogen) atoms. The third-order valence-corrected chi connectivity index (χ3v) is 7.06. The first-order valence-corrected chi connectivity index (χ1v) is 12.7. The Morgan fingerprint density at radius 3 is 2.55 bits per heavy atom. The molecule has 2 aliphatic rings. The highest BCUT2D eigenvalue weighted by molar-refractivity contribution is 7.47. The number of ether oxygens (including phenoxy) is 2. The first kappa shape index (κ1) is 26.3. The summed E-state index contributed by atoms with van der Waals surface area (Å²) >= 11 is 0. The van der Waals surface area contributed by atoms with Gasteiger partial charge in [-0.25, -0.2) is 19.3 Å². The van der Waals surface area contributed by atoms with E-state index in [9.17, 15) is 29.3 Å². The molecule has 19 nitrogen and oxygen atoms in total. The van der Waals surface area contributed by atoms with Gasteiger partial charge in [-0.15, -0.1) is 0 Å². The highest BCUT2D eigenvalue weighted by Crippen LogP contribution is 2.49. The number of anilines is 2. The van der Waals surface area contributed by atoms with Gasteiger partial charge in [0, 0.05) is 12.8 Å². The zero-order valence-corrected chi connectivity index (χ0v) is 20.3. The van der Waals surface area contributed by atoms with Gasteiger partial charge in [-0.2, -0.15) is 9.97 Å². The number of aromatic amines is 1. The van der Waals surface area contributed by atoms with Crippen LogP contribution in [0.5, 0.6) is 0 Å². The number of phosphoric acid groups is 1. The minimum atomic E-state index is -4.76. The number of rotatable bonds is 8. The van der Waals surface area contributed by atoms with E-state index < -0.39 is 69.2 Å². The third-order valence-electron chi connectivity index (χ3n) is 6.05. The summed E-state index contributed by atoms with van der Waals surface area (Å²) in [5, 5.41) is 20.1. The van der Waals surface area contributed by atoms with Crippen LogP contribution in [-0.2, 0) is 23.1 Å². The van der Waals surface area contributed by atoms with Crippen molar-refractivity contribution in [1.29, 1.82) is 0 Å². The Kier molecular flexibility index (Phi) is 7.01. The second-order valence-corrected chi connectivity index (χ2v) is 9.97. The largest absolute Gasteiger partial charge is 0.472 e. The minimum Gasteiger partial charge on any atom is -0.394 e. The van der Waals surface area contributed by atoms with Crippen LogP contribution >= 0.6 is 7.82 Å². The molecular formula is C18H24N9O10P. The molecule has 0 aromatic carbocycles. The lowest BCUT2D eigenvalue weighted by Crippen LogP contribution is -2.29. The van der Waals surface area contributed by atoms with Gasteiger partial charge < -0.3 is 36.0 Å². The number of phosphoric ester groups is 1. The quantitative estimate of drug-likeness (QED) is 0.154. The lowest BCUT2D eigenvalue weighted by atomic mass is 10.2. The zero-order valence-electron chi connectivity index (χ0n) is 19.4. The van der Waals surface area contributed by atoms with Crippen LogP contribution in [0.2, 0.25) is 0 Å². The highest BCUT2D eigenvalue weighted by Gasteiger charge is 2.43. The molecule has 8 N–H and O–H groups in total. The van der Waals surface area contributed by atoms with Gasteiger partial charge in [0.2, 0.25) is 11.9 Å². The monoisotopic (exact) mass is 557 g/mol. The number of aromatic nitrogens is 7. The summed E-state index contributed by atoms with van der Waals surface area (Å²) in [5.41, 5.74) is 9.82. The molecule has 0 saturated carbocycles. The fourth-order valence-electron chi connectivity index (χ4n) is 4.26. The van der Waals surface area contributed by atoms with E-state index in [1.807, 2.05) is 0 Å². The molecule has 0 radical (unpaired) electrons. The van der Waals surface area contributed by atoms with Gasteiger partial charge in [-0.1, -0.05) is 0 Å². The van der Waals surface area contributed by atoms with Crippen molar-refractivity contribution in [2.75, 3.05) is 24.7 Å². The number of nitrogens with two attached hydrogens (primary N) is 2. The van der Waals surface area contributed by atoms with Crippen LogP contribution in [0.15, 0.2) is 22.2 Å². The molecular weight excluding hydrogens is 533 g/mol. The van der Waals surface area contributed by atoms with Gasteiger partial charge in [0.25, 0.3) is 5.56 Å². The SMILES string of the molecule is Nc1ncn(C2CC(OP(=O)(O)OC[C@H]3O[C@@H](n4cnc5c(=O)[nH]c(N)nc54)CC3O)[C@@H](CO)O2)c(=O)n1. The fraction of sp³-hybridized carbons (Fsp3) is 0.556. The van der Waals surface area contributed by atoms with Crippen molar-refractivity contribution in [2.45, 2.75) is 49.7 Å². The Balaban J connectivity index is 1.22. The molecule has 4 unspecified atom stereocenters. The Morgan fingerprint density at radius 1 is 1.11 bits per heavy atom. The van der Waals surface area contributed by atoms with Crippen molar-refractivity contribution < 1.29 is 38.2 Å². The fourth-order valence-corrected chi connectivity index (χ4v) is 5.22. The summed E-state index contributed by atoms with van der Waals surface area (Å²) in [4.78, 5) is 51.9. The molecule has 2 fully saturated rings. The maximum Gasteiger partial charge on any atom is 0.472 e. The molecule has 206 valence electrons. The molecule has 2 aliphatic heterocycles. The Bertz CT molecular complexity index is 1490. The number of imidazole rings is 1. The number of H-pyrrole nitrogens is 1. The first-order valence-electron chi connectivity index (χ1n) is 11.2. The normalized spacial score (nSPS) is 29.1. The number of nitrogens with zero attached hydrogens (tertiary/aromatic N) is 6. The van der Waals surface area contributed by atoms with E-state index in [0.717, 1.165) is 10.9 Å². The van der Waals surface area contributed by atoms with Crippen LogP contribution in [0.3, 0.4) is 0 Å². The summed E-state index contributed by atoms with van der Waals surface area (Å²) in [7, 11) is -4.76. The van der Waals surface area contributed by atoms with E-state index >= 15 is 0 Å². The number of aliphatic hydroxyl groups excluding tert-OH is 2. The third kappa shape index (κ3) is 5.18. The molecule has 0 aliphatic carbocycles. The second kappa shape index (κ2) is 10.1. The maximum absolute atomic E-state index is 12.7. The molecule has 5 heterocycles. The molecule has 0 amide bonds. The predicted molar refractivity (Wildman–Crippen MR) is 124 cm³/mol. The van der Waals surface area contributed by atoms with Crippen LogP contribution in [0.1, 0.15) is 25.3 Å². The van der Waals surface area contributed by atoms with Crippen LogP contribution in [0, 0.1) is 0 Å². The molecule has 3 aromatic heterocycles. The lowest BCUT2D eigenvalue weighted by molar-refractivity contribution is -0.0565. The van der Waals surface area contributed by atoms with E-state index in [4.69, 9.17) is 30.0 Å². The van der Waals surface area contributed by atoms with E-state index in [1.54, 1.807) is 0 Å². The van der Waals surface area contributed by atoms with E-state index in [0.29, 0.717) is 0 Å². The number of nitrogens with one attached hydrogen (secondary N) is 1. The molecule has 20 heteroatoms. The average molecular weight is 557 g/mol. The van der Waals surface area contributed by atoms with E-state index in [1.165, 1.54) is 10.9 Å². The molecule has 0 spiro atoms. The summed E-state index contributed by atoms with van der Waals surface area (Å²) < 4.78 is 36.6. The summed E-state index contributed by atoms with van der Waals surface area (Å²) in [6, 6.07) is 0. The number of aliphatic hydroxyl groups is 2. The van der Waals surface area contributed by atoms with Gasteiger partial charge in [0.1, 0.15) is 37.1 Å². The van der Waals surface area contributed by atoms with Crippen molar-refractivity contribution in [2.24, 2.45) is 0 Å². The Hall–Kier alpha value is -3.29. The van der Waals surface area contributed by atoms with Crippen molar-refractivity contribution in [1.82, 2.24) is 34.1 Å². The van der Waals surface area contributed by atoms with Crippen molar-refractivity contribution in [3.8, 4) is 0 Å². The minimum absolute atomic E-state index is 0.0218. The number of hydrogen-bond donors (Lipinski definition) is 6. The average Bonchev–Trinajstić information content (AvgIpc) is 3.54. The number of nitrogen functional groups attached to an aromatic ring is 2. The number of fused-ring (bicyclic) bond motifs is 1. The maximum atomic E-state index is 12.7. The first-order chi connectivity index (χ1) is 18.0. The summed E-state index contributed by atoms with van der Waals surface area (Å²) in [6.45, 7) is -1.13. The Morgan fingerprint density at radius 2 is 1.82 bits per heavy atom. The van der Waals surface area contributed by atoms with Gasteiger partial charge in [0.15, 0.2) is 11.2 Å². The molecule has 3 aromatic rings. The smallest absolute Gasteiger partial charge is 0.394 e. The zero-order chi connectivity index (χ0) is 27.2. The Labute approximate surface area is 211 Å². The van der Waals surface area contributed by atoms with Crippen molar-refractivity contribution in [3.05, 3.63) is 33.5 Å². The van der Waals surface area contributed by atoms with Crippen molar-refractivity contribution >= 4 is 30.9 Å². The van der Waals surface area contributed by atoms with E-state index in [-0.39, 0.29) is 35.9 Å². The van der Waals surface area contributed by atoms with Crippen LogP contribution in [-0.4, -0.2) is 86.8 Å². The summed E-state index contributed by atoms with van der Waals surface area (Å²) in [5.74, 6) is -0.369. The second-order valence-electron chi connectivity index (χ2n) is 8.57. The van der Waals surface area contributed by atoms with Crippen molar-refractivity contribution in [3.63, 3.8) is 0 Å². The van der Waals surface area contributed by atoms with Gasteiger partial charge >= 0.3 is 13.5 Å². The highest BCUT2D eigenvalue weighted by atomic mass is 31.2. The van der Waals surface area contributed by atoms with Crippen LogP contribution < -0.4 is 22.7 Å². The van der Waals surface area contributed by atoms with Gasteiger partial charge in [-0.05, 0) is 0 Å². The van der Waals surface area contributed by atoms with Crippen LogP contribution in [0.25, 0.3) is 11.2 Å². The van der Waals surface area contributed by atoms with Gasteiger partial charge in [0.05, 0.1) is 25.6 Å². The lowest BCUT2D eigenvalue weighted by Gasteiger charge is -2.21. The standard InChI is InChI=1S/C18H24N9O10P/c19-16-22-6-27(18(31)25-16)12-2-8(9(3-28)35-12)37-38(32,33)34-4-10-7(29)1-11(36-10)26-5-21-13-14(26)23-17(20)24-15(13)30/h5-12,28-29H,1-4H2,(H,32,33)(H2,19,25,31)(H3,20,23,24,30)/t7?,8?,9-,10-,11-,12?/m1/s1. The van der Waals surface area contributed by atoms with Crippen LogP contribution in [0.4, 0.5) is 11.9 Å². The molecule has 7 atom stereocenters. The summed E-state index contributed by atoms with van der Waals surface area (Å²) in [6.07, 6.45) is -3.86. The van der Waals surface area contributed by atoms with E-state index in [2.05, 4.69) is 24.9 Å².